The second-order valence-electron chi connectivity index (χ2n) is 7.44. The predicted octanol–water partition coefficient (Wildman–Crippen LogP) is 3.25. The average Bonchev–Trinajstić information content (AvgIpc) is 3.14. The van der Waals surface area contributed by atoms with E-state index in [1.165, 1.54) is 0 Å². The van der Waals surface area contributed by atoms with E-state index in [0.717, 1.165) is 47.3 Å². The van der Waals surface area contributed by atoms with Gasteiger partial charge in [-0.3, -0.25) is 9.78 Å². The molecule has 0 saturated heterocycles. The molecule has 0 aliphatic heterocycles. The smallest absolute Gasteiger partial charge is 0.205 e. The summed E-state index contributed by atoms with van der Waals surface area (Å²) < 4.78 is 0. The molecule has 0 spiro atoms. The zero-order chi connectivity index (χ0) is 20.1. The van der Waals surface area contributed by atoms with Crippen LogP contribution in [0.3, 0.4) is 0 Å². The molecule has 1 aliphatic carbocycles. The van der Waals surface area contributed by atoms with Crippen molar-refractivity contribution in [1.82, 2.24) is 25.4 Å². The maximum absolute atomic E-state index is 12.2. The molecule has 0 amide bonds. The lowest BCUT2D eigenvalue weighted by atomic mass is 9.73. The molecule has 3 aromatic rings. The Morgan fingerprint density at radius 3 is 2.55 bits per heavy atom. The van der Waals surface area contributed by atoms with Gasteiger partial charge in [0, 0.05) is 30.8 Å². The Labute approximate surface area is 174 Å². The van der Waals surface area contributed by atoms with Gasteiger partial charge in [0.1, 0.15) is 10.8 Å². The van der Waals surface area contributed by atoms with Crippen molar-refractivity contribution in [3.05, 3.63) is 58.6 Å². The van der Waals surface area contributed by atoms with Gasteiger partial charge in [-0.2, -0.15) is 10.2 Å². The van der Waals surface area contributed by atoms with Crippen LogP contribution in [0.15, 0.2) is 36.5 Å². The Kier molecular flexibility index (Phi) is 6.19. The zero-order valence-electron chi connectivity index (χ0n) is 16.4. The highest BCUT2D eigenvalue weighted by Gasteiger charge is 2.33. The third-order valence-corrected chi connectivity index (χ3v) is 6.15. The lowest BCUT2D eigenvalue weighted by molar-refractivity contribution is -0.117. The van der Waals surface area contributed by atoms with E-state index in [4.69, 9.17) is 0 Å². The Balaban J connectivity index is 1.23. The van der Waals surface area contributed by atoms with Gasteiger partial charge >= 0.3 is 0 Å². The fraction of sp³-hybridized carbons (Fsp3) is 0.429. The maximum Gasteiger partial charge on any atom is 0.205 e. The molecule has 0 unspecified atom stereocenters. The minimum absolute atomic E-state index is 0.0987. The van der Waals surface area contributed by atoms with Crippen LogP contribution in [-0.4, -0.2) is 37.7 Å². The van der Waals surface area contributed by atoms with Crippen LogP contribution in [0, 0.1) is 5.92 Å². The van der Waals surface area contributed by atoms with E-state index >= 15 is 0 Å². The minimum Gasteiger partial charge on any atom is -0.360 e. The van der Waals surface area contributed by atoms with Gasteiger partial charge in [0.05, 0.1) is 17.8 Å². The Hall–Kier alpha value is -2.74. The summed E-state index contributed by atoms with van der Waals surface area (Å²) in [7, 11) is 0. The molecular formula is C21H24N6OS. The van der Waals surface area contributed by atoms with Crippen LogP contribution >= 0.6 is 11.3 Å². The van der Waals surface area contributed by atoms with Gasteiger partial charge < -0.3 is 5.32 Å². The molecule has 7 nitrogen and oxygen atoms in total. The van der Waals surface area contributed by atoms with Gasteiger partial charge in [0.15, 0.2) is 0 Å². The first-order chi connectivity index (χ1) is 14.2. The predicted molar refractivity (Wildman–Crippen MR) is 112 cm³/mol. The minimum atomic E-state index is 0.0987. The molecular weight excluding hydrogens is 384 g/mol. The van der Waals surface area contributed by atoms with Crippen molar-refractivity contribution in [3.8, 4) is 0 Å². The van der Waals surface area contributed by atoms with Crippen molar-refractivity contribution in [2.24, 2.45) is 5.92 Å². The molecule has 3 aromatic heterocycles. The summed E-state index contributed by atoms with van der Waals surface area (Å²) in [5, 5.41) is 22.3. The van der Waals surface area contributed by atoms with E-state index in [2.05, 4.69) is 37.6 Å². The maximum atomic E-state index is 12.2. The highest BCUT2D eigenvalue weighted by Crippen LogP contribution is 2.44. The number of nitrogens with zero attached hydrogens (tertiary/aromatic N) is 5. The van der Waals surface area contributed by atoms with Crippen LogP contribution in [0.25, 0.3) is 0 Å². The van der Waals surface area contributed by atoms with Crippen LogP contribution in [0.5, 0.6) is 0 Å². The highest BCUT2D eigenvalue weighted by molar-refractivity contribution is 7.15. The molecule has 29 heavy (non-hydrogen) atoms. The van der Waals surface area contributed by atoms with E-state index in [1.54, 1.807) is 17.5 Å². The lowest BCUT2D eigenvalue weighted by Crippen LogP contribution is -2.24. The number of nitrogens with one attached hydrogen (secondary N) is 1. The van der Waals surface area contributed by atoms with Gasteiger partial charge in [-0.15, -0.1) is 10.2 Å². The summed E-state index contributed by atoms with van der Waals surface area (Å²) in [6.07, 6.45) is 5.48. The number of hydrogen-bond donors (Lipinski definition) is 1. The molecule has 150 valence electrons. The molecule has 1 fully saturated rings. The van der Waals surface area contributed by atoms with Gasteiger partial charge in [-0.05, 0) is 56.4 Å². The Morgan fingerprint density at radius 2 is 1.83 bits per heavy atom. The van der Waals surface area contributed by atoms with Gasteiger partial charge in [0.25, 0.3) is 0 Å². The van der Waals surface area contributed by atoms with E-state index in [-0.39, 0.29) is 5.78 Å². The quantitative estimate of drug-likeness (QED) is 0.581. The molecule has 1 saturated carbocycles. The second-order valence-corrected chi connectivity index (χ2v) is 8.45. The van der Waals surface area contributed by atoms with Crippen molar-refractivity contribution in [2.75, 3.05) is 11.9 Å². The average molecular weight is 409 g/mol. The number of Topliss-reactive ketones (excluding diaryl/α,β-unsaturated/α-hetero) is 1. The summed E-state index contributed by atoms with van der Waals surface area (Å²) in [5.41, 5.74) is 2.49. The van der Waals surface area contributed by atoms with Crippen LogP contribution in [0.1, 0.15) is 47.8 Å². The number of aromatic nitrogens is 5. The van der Waals surface area contributed by atoms with Crippen LogP contribution in [-0.2, 0) is 24.1 Å². The van der Waals surface area contributed by atoms with Crippen molar-refractivity contribution in [3.63, 3.8) is 0 Å². The van der Waals surface area contributed by atoms with Crippen molar-refractivity contribution in [1.29, 1.82) is 0 Å². The van der Waals surface area contributed by atoms with E-state index in [1.807, 2.05) is 30.3 Å². The molecule has 0 aromatic carbocycles. The largest absolute Gasteiger partial charge is 0.360 e. The number of rotatable bonds is 9. The first-order valence-electron chi connectivity index (χ1n) is 10.00. The monoisotopic (exact) mass is 408 g/mol. The normalized spacial score (nSPS) is 18.2. The molecule has 4 rings (SSSR count). The first kappa shape index (κ1) is 19.6. The third kappa shape index (κ3) is 5.20. The number of anilines is 1. The zero-order valence-corrected chi connectivity index (χ0v) is 17.2. The van der Waals surface area contributed by atoms with Crippen LogP contribution in [0.2, 0.25) is 0 Å². The number of carbonyl (C=O) groups is 1. The van der Waals surface area contributed by atoms with Crippen LogP contribution in [0.4, 0.5) is 5.13 Å². The standard InChI is InChI=1S/C21H24N6OS/c1-2-22-21-27-26-20(29-21)15-9-14(10-15)11-17-6-7-18(25-24-17)13-19(28)12-16-5-3-4-8-23-16/h3-8,14-15H,2,9-13H2,1H3,(H,22,27). The van der Waals surface area contributed by atoms with E-state index in [9.17, 15) is 4.79 Å². The van der Waals surface area contributed by atoms with Gasteiger partial charge in [-0.1, -0.05) is 17.4 Å². The molecule has 0 atom stereocenters. The van der Waals surface area contributed by atoms with Crippen LogP contribution < -0.4 is 5.32 Å². The second kappa shape index (κ2) is 9.17. The number of ketones is 1. The Bertz CT molecular complexity index is 937. The van der Waals surface area contributed by atoms with Gasteiger partial charge in [-0.25, -0.2) is 0 Å². The van der Waals surface area contributed by atoms with Crippen molar-refractivity contribution >= 4 is 22.3 Å². The summed E-state index contributed by atoms with van der Waals surface area (Å²) >= 11 is 1.66. The highest BCUT2D eigenvalue weighted by atomic mass is 32.1. The summed E-state index contributed by atoms with van der Waals surface area (Å²) in [6.45, 7) is 2.93. The van der Waals surface area contributed by atoms with Crippen molar-refractivity contribution < 1.29 is 4.79 Å². The fourth-order valence-electron chi connectivity index (χ4n) is 3.58. The number of pyridine rings is 1. The van der Waals surface area contributed by atoms with E-state index in [0.29, 0.717) is 30.4 Å². The van der Waals surface area contributed by atoms with Gasteiger partial charge in [0.2, 0.25) is 5.13 Å². The molecule has 0 bridgehead atoms. The topological polar surface area (TPSA) is 93.6 Å². The molecule has 1 aliphatic rings. The fourth-order valence-corrected chi connectivity index (χ4v) is 4.52. The Morgan fingerprint density at radius 1 is 1.03 bits per heavy atom. The third-order valence-electron chi connectivity index (χ3n) is 5.11. The number of hydrogen-bond acceptors (Lipinski definition) is 8. The number of carbonyl (C=O) groups excluding carboxylic acids is 1. The summed E-state index contributed by atoms with van der Waals surface area (Å²) in [6, 6.07) is 9.51. The SMILES string of the molecule is CCNc1nnc(C2CC(Cc3ccc(CC(=O)Cc4ccccn4)nn3)C2)s1. The summed E-state index contributed by atoms with van der Waals surface area (Å²) in [5.74, 6) is 1.22. The first-order valence-corrected chi connectivity index (χ1v) is 10.8. The molecule has 0 radical (unpaired) electrons. The van der Waals surface area contributed by atoms with E-state index < -0.39 is 0 Å². The molecule has 1 N–H and O–H groups in total. The lowest BCUT2D eigenvalue weighted by Gasteiger charge is -2.33. The summed E-state index contributed by atoms with van der Waals surface area (Å²) in [4.78, 5) is 16.4. The molecule has 8 heteroatoms. The van der Waals surface area contributed by atoms with Crippen molar-refractivity contribution in [2.45, 2.75) is 44.9 Å². The molecule has 3 heterocycles.